The van der Waals surface area contributed by atoms with Crippen molar-refractivity contribution in [2.24, 2.45) is 0 Å². The minimum atomic E-state index is -0.964. The molecule has 2 rings (SSSR count). The summed E-state index contributed by atoms with van der Waals surface area (Å²) in [5.74, 6) is -1.14. The third-order valence-electron chi connectivity index (χ3n) is 4.08. The molecule has 0 aromatic carbocycles. The van der Waals surface area contributed by atoms with Gasteiger partial charge in [-0.3, -0.25) is 4.79 Å². The predicted octanol–water partition coefficient (Wildman–Crippen LogP) is 0.256. The van der Waals surface area contributed by atoms with Crippen LogP contribution in [0.15, 0.2) is 0 Å². The van der Waals surface area contributed by atoms with Gasteiger partial charge in [-0.25, -0.2) is 9.59 Å². The SMILES string of the molecule is CNC(=O)C1CCCN1C(=O)N1CCCCC1C(=O)O. The molecule has 3 amide bonds. The van der Waals surface area contributed by atoms with E-state index < -0.39 is 18.1 Å². The lowest BCUT2D eigenvalue weighted by Crippen LogP contribution is -2.56. The first-order valence-corrected chi connectivity index (χ1v) is 7.08. The van der Waals surface area contributed by atoms with E-state index in [1.807, 2.05) is 0 Å². The Labute approximate surface area is 117 Å². The highest BCUT2D eigenvalue weighted by molar-refractivity contribution is 5.89. The van der Waals surface area contributed by atoms with E-state index in [1.165, 1.54) is 9.80 Å². The minimum absolute atomic E-state index is 0.181. The summed E-state index contributed by atoms with van der Waals surface area (Å²) in [6.07, 6.45) is 3.53. The number of amides is 3. The first kappa shape index (κ1) is 14.6. The summed E-state index contributed by atoms with van der Waals surface area (Å²) in [6.45, 7) is 0.965. The summed E-state index contributed by atoms with van der Waals surface area (Å²) in [7, 11) is 1.55. The highest BCUT2D eigenvalue weighted by atomic mass is 16.4. The van der Waals surface area contributed by atoms with E-state index in [1.54, 1.807) is 7.05 Å². The molecule has 7 nitrogen and oxygen atoms in total. The number of hydrogen-bond donors (Lipinski definition) is 2. The second kappa shape index (κ2) is 6.11. The van der Waals surface area contributed by atoms with Gasteiger partial charge in [0.05, 0.1) is 0 Å². The first-order valence-electron chi connectivity index (χ1n) is 7.08. The van der Waals surface area contributed by atoms with E-state index >= 15 is 0 Å². The molecule has 0 bridgehead atoms. The van der Waals surface area contributed by atoms with Crippen LogP contribution in [-0.4, -0.2) is 65.0 Å². The van der Waals surface area contributed by atoms with E-state index in [2.05, 4.69) is 5.32 Å². The number of likely N-dealkylation sites (N-methyl/N-ethyl adjacent to an activating group) is 1. The standard InChI is InChI=1S/C13H21N3O4/c1-14-11(17)9-6-4-8-15(9)13(20)16-7-3-2-5-10(16)12(18)19/h9-10H,2-8H2,1H3,(H,14,17)(H,18,19). The van der Waals surface area contributed by atoms with Gasteiger partial charge >= 0.3 is 12.0 Å². The molecule has 0 radical (unpaired) electrons. The molecule has 0 aromatic rings. The molecule has 112 valence electrons. The molecule has 0 spiro atoms. The summed E-state index contributed by atoms with van der Waals surface area (Å²) in [5, 5.41) is 11.8. The van der Waals surface area contributed by atoms with Crippen LogP contribution in [0, 0.1) is 0 Å². The van der Waals surface area contributed by atoms with Crippen molar-refractivity contribution >= 4 is 17.9 Å². The Balaban J connectivity index is 2.12. The molecule has 0 aliphatic carbocycles. The second-order valence-corrected chi connectivity index (χ2v) is 5.29. The molecule has 2 saturated heterocycles. The molecule has 2 heterocycles. The Bertz CT molecular complexity index is 412. The summed E-state index contributed by atoms with van der Waals surface area (Å²) in [5.41, 5.74) is 0. The average Bonchev–Trinajstić information content (AvgIpc) is 2.95. The number of aliphatic carboxylic acids is 1. The lowest BCUT2D eigenvalue weighted by Gasteiger charge is -2.37. The van der Waals surface area contributed by atoms with Crippen molar-refractivity contribution in [1.29, 1.82) is 0 Å². The Hall–Kier alpha value is -1.79. The van der Waals surface area contributed by atoms with Gasteiger partial charge < -0.3 is 20.2 Å². The van der Waals surface area contributed by atoms with Crippen LogP contribution in [0.5, 0.6) is 0 Å². The van der Waals surface area contributed by atoms with Crippen molar-refractivity contribution in [2.75, 3.05) is 20.1 Å². The number of piperidine rings is 1. The second-order valence-electron chi connectivity index (χ2n) is 5.29. The maximum atomic E-state index is 12.6. The molecule has 2 fully saturated rings. The average molecular weight is 283 g/mol. The molecule has 2 atom stereocenters. The lowest BCUT2D eigenvalue weighted by molar-refractivity contribution is -0.143. The van der Waals surface area contributed by atoms with Crippen molar-refractivity contribution in [1.82, 2.24) is 15.1 Å². The zero-order valence-corrected chi connectivity index (χ0v) is 11.7. The van der Waals surface area contributed by atoms with Crippen molar-refractivity contribution in [2.45, 2.75) is 44.2 Å². The third kappa shape index (κ3) is 2.71. The van der Waals surface area contributed by atoms with E-state index in [9.17, 15) is 19.5 Å². The van der Waals surface area contributed by atoms with E-state index in [0.29, 0.717) is 25.9 Å². The molecule has 0 saturated carbocycles. The molecule has 0 aromatic heterocycles. The normalized spacial score (nSPS) is 26.4. The number of likely N-dealkylation sites (tertiary alicyclic amines) is 2. The van der Waals surface area contributed by atoms with Gasteiger partial charge in [-0.05, 0) is 32.1 Å². The number of urea groups is 1. The fourth-order valence-corrected chi connectivity index (χ4v) is 3.02. The fraction of sp³-hybridized carbons (Fsp3) is 0.769. The van der Waals surface area contributed by atoms with Crippen LogP contribution in [0.4, 0.5) is 4.79 Å². The topological polar surface area (TPSA) is 90.0 Å². The van der Waals surface area contributed by atoms with Crippen LogP contribution in [0.3, 0.4) is 0 Å². The number of carbonyl (C=O) groups excluding carboxylic acids is 2. The van der Waals surface area contributed by atoms with Gasteiger partial charge in [0.2, 0.25) is 5.91 Å². The van der Waals surface area contributed by atoms with Gasteiger partial charge in [-0.15, -0.1) is 0 Å². The maximum Gasteiger partial charge on any atom is 0.326 e. The van der Waals surface area contributed by atoms with Gasteiger partial charge in [0, 0.05) is 20.1 Å². The number of carbonyl (C=O) groups is 3. The highest BCUT2D eigenvalue weighted by Crippen LogP contribution is 2.24. The molecular weight excluding hydrogens is 262 g/mol. The Morgan fingerprint density at radius 3 is 2.25 bits per heavy atom. The zero-order valence-electron chi connectivity index (χ0n) is 11.7. The van der Waals surface area contributed by atoms with Gasteiger partial charge in [-0.2, -0.15) is 0 Å². The summed E-state index contributed by atoms with van der Waals surface area (Å²) < 4.78 is 0. The van der Waals surface area contributed by atoms with Crippen molar-refractivity contribution in [3.63, 3.8) is 0 Å². The van der Waals surface area contributed by atoms with Crippen LogP contribution in [0.25, 0.3) is 0 Å². The minimum Gasteiger partial charge on any atom is -0.480 e. The Morgan fingerprint density at radius 2 is 1.60 bits per heavy atom. The summed E-state index contributed by atoms with van der Waals surface area (Å²) in [6, 6.07) is -1.55. The van der Waals surface area contributed by atoms with Crippen LogP contribution in [0.1, 0.15) is 32.1 Å². The monoisotopic (exact) mass is 283 g/mol. The van der Waals surface area contributed by atoms with Gasteiger partial charge in [-0.1, -0.05) is 0 Å². The van der Waals surface area contributed by atoms with E-state index in [-0.39, 0.29) is 11.9 Å². The molecular formula is C13H21N3O4. The van der Waals surface area contributed by atoms with E-state index in [0.717, 1.165) is 19.3 Å². The number of carboxylic acid groups (broad SMARTS) is 1. The van der Waals surface area contributed by atoms with Crippen LogP contribution in [-0.2, 0) is 9.59 Å². The number of carboxylic acids is 1. The molecule has 2 unspecified atom stereocenters. The summed E-state index contributed by atoms with van der Waals surface area (Å²) in [4.78, 5) is 38.5. The third-order valence-corrected chi connectivity index (χ3v) is 4.08. The number of hydrogen-bond acceptors (Lipinski definition) is 3. The smallest absolute Gasteiger partial charge is 0.326 e. The summed E-state index contributed by atoms with van der Waals surface area (Å²) >= 11 is 0. The number of nitrogens with one attached hydrogen (secondary N) is 1. The largest absolute Gasteiger partial charge is 0.480 e. The molecule has 2 aliphatic rings. The molecule has 2 aliphatic heterocycles. The van der Waals surface area contributed by atoms with Crippen molar-refractivity contribution in [3.8, 4) is 0 Å². The van der Waals surface area contributed by atoms with Crippen molar-refractivity contribution in [3.05, 3.63) is 0 Å². The van der Waals surface area contributed by atoms with E-state index in [4.69, 9.17) is 0 Å². The van der Waals surface area contributed by atoms with Gasteiger partial charge in [0.1, 0.15) is 12.1 Å². The first-order chi connectivity index (χ1) is 9.56. The predicted molar refractivity (Wildman–Crippen MR) is 71.2 cm³/mol. The highest BCUT2D eigenvalue weighted by Gasteiger charge is 2.40. The van der Waals surface area contributed by atoms with Gasteiger partial charge in [0.25, 0.3) is 0 Å². The molecule has 2 N–H and O–H groups in total. The number of rotatable bonds is 2. The van der Waals surface area contributed by atoms with Crippen LogP contribution in [0.2, 0.25) is 0 Å². The molecule has 20 heavy (non-hydrogen) atoms. The molecule has 7 heteroatoms. The number of nitrogens with zero attached hydrogens (tertiary/aromatic N) is 2. The van der Waals surface area contributed by atoms with Crippen molar-refractivity contribution < 1.29 is 19.5 Å². The lowest BCUT2D eigenvalue weighted by atomic mass is 10.0. The van der Waals surface area contributed by atoms with Crippen LogP contribution < -0.4 is 5.32 Å². The fourth-order valence-electron chi connectivity index (χ4n) is 3.02. The Kier molecular flexibility index (Phi) is 4.46. The maximum absolute atomic E-state index is 12.6. The van der Waals surface area contributed by atoms with Gasteiger partial charge in [0.15, 0.2) is 0 Å². The van der Waals surface area contributed by atoms with Crippen LogP contribution >= 0.6 is 0 Å². The zero-order chi connectivity index (χ0) is 14.7. The Morgan fingerprint density at radius 1 is 1.00 bits per heavy atom. The quantitative estimate of drug-likeness (QED) is 0.760.